The molecule has 0 aliphatic heterocycles. The number of thiophene rings is 1. The van der Waals surface area contributed by atoms with Crippen molar-refractivity contribution in [2.75, 3.05) is 0 Å². The third-order valence-electron chi connectivity index (χ3n) is 9.06. The van der Waals surface area contributed by atoms with Crippen molar-refractivity contribution in [1.82, 2.24) is 9.44 Å². The first-order valence-corrected chi connectivity index (χ1v) is 24.7. The van der Waals surface area contributed by atoms with Crippen LogP contribution >= 0.6 is 11.3 Å². The minimum Gasteiger partial charge on any atom is -0.456 e. The SMILES string of the molecule is NS(=O)(=O)c1ccccc1S(=O)(=O)NC(=O)c1ccc(-c2cc3ccccc3o2)cc1.NS(=O)(=O)c1ccccc1S(=O)(=O)NC(=O)c1ccc(-c2cc3ccccc3s2)cc1. The highest BCUT2D eigenvalue weighted by molar-refractivity contribution is 7.93. The van der Waals surface area contributed by atoms with Crippen LogP contribution in [-0.2, 0) is 40.1 Å². The van der Waals surface area contributed by atoms with E-state index in [1.807, 2.05) is 70.1 Å². The molecule has 0 aliphatic carbocycles. The smallest absolute Gasteiger partial charge is 0.265 e. The molecule has 8 aromatic rings. The number of fused-ring (bicyclic) bond motifs is 2. The van der Waals surface area contributed by atoms with E-state index in [1.165, 1.54) is 48.5 Å². The molecule has 0 unspecified atom stereocenters. The van der Waals surface area contributed by atoms with Gasteiger partial charge in [-0.25, -0.2) is 53.4 Å². The van der Waals surface area contributed by atoms with Gasteiger partial charge in [-0.15, -0.1) is 11.3 Å². The predicted octanol–water partition coefficient (Wildman–Crippen LogP) is 6.20. The lowest BCUT2D eigenvalue weighted by molar-refractivity contribution is 0.0972. The van der Waals surface area contributed by atoms with E-state index in [0.29, 0.717) is 11.3 Å². The Morgan fingerprint density at radius 3 is 1.35 bits per heavy atom. The Bertz CT molecular complexity index is 3180. The molecule has 2 heterocycles. The van der Waals surface area contributed by atoms with Crippen molar-refractivity contribution >= 4 is 84.3 Å². The minimum atomic E-state index is -4.48. The number of furan rings is 1. The van der Waals surface area contributed by atoms with Crippen LogP contribution < -0.4 is 19.7 Å². The number of hydrogen-bond acceptors (Lipinski definition) is 12. The second kappa shape index (κ2) is 17.1. The van der Waals surface area contributed by atoms with Crippen LogP contribution in [0.5, 0.6) is 0 Å². The number of amides is 2. The van der Waals surface area contributed by atoms with E-state index in [4.69, 9.17) is 14.7 Å². The average molecular weight is 929 g/mol. The second-order valence-corrected chi connectivity index (χ2v) is 20.7. The zero-order chi connectivity index (χ0) is 44.5. The first kappa shape index (κ1) is 43.6. The summed E-state index contributed by atoms with van der Waals surface area (Å²) < 4.78 is 108. The molecule has 0 saturated carbocycles. The first-order valence-electron chi connectivity index (χ1n) is 17.9. The van der Waals surface area contributed by atoms with Crippen LogP contribution in [0.2, 0.25) is 0 Å². The average Bonchev–Trinajstić information content (AvgIpc) is 3.88. The quantitative estimate of drug-likeness (QED) is 0.120. The summed E-state index contributed by atoms with van der Waals surface area (Å²) in [5, 5.41) is 12.2. The van der Waals surface area contributed by atoms with Crippen molar-refractivity contribution in [3.05, 3.63) is 169 Å². The maximum Gasteiger partial charge on any atom is 0.265 e. The van der Waals surface area contributed by atoms with E-state index >= 15 is 0 Å². The number of nitrogens with two attached hydrogens (primary N) is 2. The van der Waals surface area contributed by atoms with Gasteiger partial charge in [-0.05, 0) is 83.7 Å². The molecular formula is C42H32N4O11S5. The fourth-order valence-corrected chi connectivity index (χ4v) is 11.9. The first-order chi connectivity index (χ1) is 29.3. The maximum absolute atomic E-state index is 12.6. The summed E-state index contributed by atoms with van der Waals surface area (Å²) in [6.07, 6.45) is 0. The molecule has 15 nitrogen and oxygen atoms in total. The van der Waals surface area contributed by atoms with Crippen molar-refractivity contribution < 1.29 is 47.7 Å². The number of nitrogens with one attached hydrogen (secondary N) is 2. The fraction of sp³-hybridized carbons (Fsp3) is 0. The van der Waals surface area contributed by atoms with Gasteiger partial charge in [0.1, 0.15) is 30.9 Å². The number of rotatable bonds is 10. The summed E-state index contributed by atoms with van der Waals surface area (Å²) in [6.45, 7) is 0. The van der Waals surface area contributed by atoms with Gasteiger partial charge in [-0.2, -0.15) is 0 Å². The molecule has 6 N–H and O–H groups in total. The third-order valence-corrected chi connectivity index (χ3v) is 15.2. The van der Waals surface area contributed by atoms with Crippen molar-refractivity contribution in [3.8, 4) is 21.8 Å². The Morgan fingerprint density at radius 1 is 0.468 bits per heavy atom. The van der Waals surface area contributed by atoms with Gasteiger partial charge in [0.25, 0.3) is 31.9 Å². The second-order valence-electron chi connectivity index (χ2n) is 13.3. The molecule has 0 spiro atoms. The van der Waals surface area contributed by atoms with Gasteiger partial charge in [-0.1, -0.05) is 84.9 Å². The van der Waals surface area contributed by atoms with Crippen molar-refractivity contribution in [2.24, 2.45) is 10.3 Å². The number of carbonyl (C=O) groups is 2. The Morgan fingerprint density at radius 2 is 0.887 bits per heavy atom. The number of para-hydroxylation sites is 1. The van der Waals surface area contributed by atoms with Gasteiger partial charge >= 0.3 is 0 Å². The highest BCUT2D eigenvalue weighted by atomic mass is 32.2. The largest absolute Gasteiger partial charge is 0.456 e. The summed E-state index contributed by atoms with van der Waals surface area (Å²) in [4.78, 5) is 23.6. The molecule has 0 atom stereocenters. The Kier molecular flexibility index (Phi) is 12.0. The maximum atomic E-state index is 12.6. The molecule has 0 fully saturated rings. The molecule has 0 radical (unpaired) electrons. The zero-order valence-electron chi connectivity index (χ0n) is 31.7. The zero-order valence-corrected chi connectivity index (χ0v) is 35.8. The molecule has 2 aromatic heterocycles. The van der Waals surface area contributed by atoms with Gasteiger partial charge in [0.05, 0.1) is 0 Å². The van der Waals surface area contributed by atoms with Crippen LogP contribution in [0, 0.1) is 0 Å². The molecule has 316 valence electrons. The third kappa shape index (κ3) is 9.66. The summed E-state index contributed by atoms with van der Waals surface area (Å²) in [6, 6.07) is 41.6. The molecule has 62 heavy (non-hydrogen) atoms. The lowest BCUT2D eigenvalue weighted by atomic mass is 10.1. The van der Waals surface area contributed by atoms with Crippen LogP contribution in [0.4, 0.5) is 0 Å². The molecular weight excluding hydrogens is 897 g/mol. The van der Waals surface area contributed by atoms with E-state index < -0.39 is 71.5 Å². The van der Waals surface area contributed by atoms with Gasteiger partial charge in [0.2, 0.25) is 20.0 Å². The van der Waals surface area contributed by atoms with Crippen LogP contribution in [-0.4, -0.2) is 45.5 Å². The highest BCUT2D eigenvalue weighted by Gasteiger charge is 2.27. The standard InChI is InChI=1S/C21H16N2O6S2.C21H16N2O5S3/c2*22-30(25,26)19-7-3-4-8-20(19)31(27,28)23-21(24)15-11-9-14(10-12-15)18-13-16-5-1-2-6-17(16)29-18/h2*1-13H,(H,23,24)(H2,22,25,26). The lowest BCUT2D eigenvalue weighted by Crippen LogP contribution is -2.32. The van der Waals surface area contributed by atoms with E-state index in [9.17, 15) is 43.3 Å². The molecule has 8 rings (SSSR count). The van der Waals surface area contributed by atoms with Crippen LogP contribution in [0.3, 0.4) is 0 Å². The van der Waals surface area contributed by atoms with E-state index in [2.05, 4.69) is 0 Å². The van der Waals surface area contributed by atoms with Gasteiger partial charge in [0.15, 0.2) is 0 Å². The van der Waals surface area contributed by atoms with Gasteiger partial charge in [-0.3, -0.25) is 9.59 Å². The van der Waals surface area contributed by atoms with Gasteiger partial charge < -0.3 is 4.42 Å². The minimum absolute atomic E-state index is 0.0662. The number of carbonyl (C=O) groups excluding carboxylic acids is 2. The van der Waals surface area contributed by atoms with Gasteiger partial charge in [0, 0.05) is 31.7 Å². The van der Waals surface area contributed by atoms with Crippen LogP contribution in [0.15, 0.2) is 182 Å². The van der Waals surface area contributed by atoms with E-state index in [0.717, 1.165) is 55.8 Å². The van der Waals surface area contributed by atoms with Crippen LogP contribution in [0.1, 0.15) is 20.7 Å². The number of benzene rings is 6. The Hall–Kier alpha value is -6.52. The van der Waals surface area contributed by atoms with Crippen molar-refractivity contribution in [1.29, 1.82) is 0 Å². The summed E-state index contributed by atoms with van der Waals surface area (Å²) >= 11 is 1.61. The van der Waals surface area contributed by atoms with E-state index in [1.54, 1.807) is 35.6 Å². The molecule has 6 aromatic carbocycles. The summed E-state index contributed by atoms with van der Waals surface area (Å²) in [5.41, 5.74) is 2.49. The number of sulfonamides is 4. The normalized spacial score (nSPS) is 12.0. The van der Waals surface area contributed by atoms with E-state index in [-0.39, 0.29) is 11.1 Å². The monoisotopic (exact) mass is 928 g/mol. The summed E-state index contributed by atoms with van der Waals surface area (Å²) in [7, 11) is -17.5. The molecule has 0 aliphatic rings. The lowest BCUT2D eigenvalue weighted by Gasteiger charge is -2.10. The summed E-state index contributed by atoms with van der Waals surface area (Å²) in [5.74, 6) is -1.20. The topological polar surface area (TPSA) is 260 Å². The Balaban J connectivity index is 0.000000186. The molecule has 2 amide bonds. The number of hydrogen-bond donors (Lipinski definition) is 4. The number of primary sulfonamides is 2. The fourth-order valence-electron chi connectivity index (χ4n) is 6.11. The van der Waals surface area contributed by atoms with Crippen molar-refractivity contribution in [3.63, 3.8) is 0 Å². The Labute approximate surface area is 359 Å². The molecule has 0 bridgehead atoms. The molecule has 0 saturated heterocycles. The van der Waals surface area contributed by atoms with Crippen LogP contribution in [0.25, 0.3) is 42.8 Å². The van der Waals surface area contributed by atoms with Crippen molar-refractivity contribution in [2.45, 2.75) is 19.6 Å². The molecule has 20 heteroatoms. The predicted molar refractivity (Wildman–Crippen MR) is 234 cm³/mol. The highest BCUT2D eigenvalue weighted by Crippen LogP contribution is 2.34.